The topological polar surface area (TPSA) is 51.3 Å². The number of hydrogen-bond acceptors (Lipinski definition) is 3. The molecule has 0 bridgehead atoms. The van der Waals surface area contributed by atoms with Crippen molar-refractivity contribution in [2.75, 3.05) is 18.8 Å². The minimum atomic E-state index is -0.348. The fourth-order valence-corrected chi connectivity index (χ4v) is 4.69. The molecular formula is C24H24FN3O. The number of allylic oxidation sites excluding steroid dienone is 2. The minimum Gasteiger partial charge on any atom is -0.399 e. The van der Waals surface area contributed by atoms with Crippen LogP contribution in [0.1, 0.15) is 47.5 Å². The third-order valence-electron chi connectivity index (χ3n) is 6.21. The predicted molar refractivity (Wildman–Crippen MR) is 113 cm³/mol. The largest absolute Gasteiger partial charge is 0.399 e. The van der Waals surface area contributed by atoms with Crippen molar-refractivity contribution < 1.29 is 9.18 Å². The van der Waals surface area contributed by atoms with E-state index in [-0.39, 0.29) is 11.7 Å². The highest BCUT2D eigenvalue weighted by Gasteiger charge is 2.27. The maximum absolute atomic E-state index is 13.3. The molecule has 2 aliphatic rings. The van der Waals surface area contributed by atoms with Crippen molar-refractivity contribution in [2.45, 2.75) is 31.6 Å². The fraction of sp³-hybridized carbons (Fsp3) is 0.292. The average Bonchev–Trinajstić information content (AvgIpc) is 3.12. The van der Waals surface area contributed by atoms with Gasteiger partial charge in [0.25, 0.3) is 5.91 Å². The number of hydrogen-bond donors (Lipinski definition) is 1. The third kappa shape index (κ3) is 3.20. The molecule has 1 unspecified atom stereocenters. The van der Waals surface area contributed by atoms with Crippen molar-refractivity contribution in [3.63, 3.8) is 0 Å². The zero-order valence-corrected chi connectivity index (χ0v) is 16.3. The number of benzene rings is 2. The summed E-state index contributed by atoms with van der Waals surface area (Å²) in [6.45, 7) is 2.09. The van der Waals surface area contributed by atoms with E-state index in [1.165, 1.54) is 49.2 Å². The lowest BCUT2D eigenvalue weighted by Crippen LogP contribution is -2.34. The van der Waals surface area contributed by atoms with Gasteiger partial charge in [0.2, 0.25) is 0 Å². The Morgan fingerprint density at radius 3 is 2.76 bits per heavy atom. The molecule has 1 aromatic heterocycles. The molecule has 0 aliphatic carbocycles. The molecule has 2 aromatic carbocycles. The van der Waals surface area contributed by atoms with E-state index in [9.17, 15) is 9.18 Å². The predicted octanol–water partition coefficient (Wildman–Crippen LogP) is 4.91. The van der Waals surface area contributed by atoms with Gasteiger partial charge in [-0.05, 0) is 73.7 Å². The lowest BCUT2D eigenvalue weighted by molar-refractivity contribution is 0.0964. The minimum absolute atomic E-state index is 0.156. The molecule has 5 rings (SSSR count). The Kier molecular flexibility index (Phi) is 4.38. The van der Waals surface area contributed by atoms with Gasteiger partial charge in [-0.15, -0.1) is 0 Å². The summed E-state index contributed by atoms with van der Waals surface area (Å²) in [5.74, 6) is -0.182. The molecule has 0 saturated carbocycles. The van der Waals surface area contributed by atoms with Gasteiger partial charge in [0.15, 0.2) is 0 Å². The molecule has 1 saturated heterocycles. The first-order valence-electron chi connectivity index (χ1n) is 10.2. The van der Waals surface area contributed by atoms with Crippen molar-refractivity contribution in [3.8, 4) is 0 Å². The summed E-state index contributed by atoms with van der Waals surface area (Å²) < 4.78 is 15.0. The van der Waals surface area contributed by atoms with Crippen molar-refractivity contribution in [2.24, 2.45) is 0 Å². The zero-order chi connectivity index (χ0) is 20.0. The van der Waals surface area contributed by atoms with E-state index in [0.29, 0.717) is 17.2 Å². The Morgan fingerprint density at radius 1 is 1.10 bits per heavy atom. The van der Waals surface area contributed by atoms with Crippen molar-refractivity contribution in [3.05, 3.63) is 77.4 Å². The van der Waals surface area contributed by atoms with Gasteiger partial charge in [0.1, 0.15) is 5.82 Å². The van der Waals surface area contributed by atoms with Crippen molar-refractivity contribution >= 4 is 22.5 Å². The first kappa shape index (κ1) is 18.0. The Labute approximate surface area is 169 Å². The molecule has 29 heavy (non-hydrogen) atoms. The van der Waals surface area contributed by atoms with Crippen LogP contribution in [0.2, 0.25) is 0 Å². The third-order valence-corrected chi connectivity index (χ3v) is 6.21. The number of rotatable bonds is 2. The number of halogens is 1. The highest BCUT2D eigenvalue weighted by molar-refractivity contribution is 6.03. The average molecular weight is 389 g/mol. The summed E-state index contributed by atoms with van der Waals surface area (Å²) in [4.78, 5) is 15.7. The van der Waals surface area contributed by atoms with Gasteiger partial charge in [0.05, 0.1) is 5.52 Å². The molecule has 148 valence electrons. The van der Waals surface area contributed by atoms with Crippen LogP contribution in [0.15, 0.2) is 60.4 Å². The molecule has 0 amide bonds. The second-order valence-electron chi connectivity index (χ2n) is 8.07. The molecule has 1 fully saturated rings. The van der Waals surface area contributed by atoms with Crippen LogP contribution in [0.3, 0.4) is 0 Å². The molecule has 2 N–H and O–H groups in total. The number of anilines is 1. The van der Waals surface area contributed by atoms with E-state index >= 15 is 0 Å². The van der Waals surface area contributed by atoms with Crippen molar-refractivity contribution in [1.82, 2.24) is 9.47 Å². The summed E-state index contributed by atoms with van der Waals surface area (Å²) >= 11 is 0. The molecular weight excluding hydrogens is 365 g/mol. The van der Waals surface area contributed by atoms with Gasteiger partial charge < -0.3 is 10.6 Å². The summed E-state index contributed by atoms with van der Waals surface area (Å²) in [5, 5.41) is 1.03. The summed E-state index contributed by atoms with van der Waals surface area (Å²) in [6.07, 6.45) is 8.99. The maximum Gasteiger partial charge on any atom is 0.262 e. The molecule has 1 atom stereocenters. The molecule has 4 nitrogen and oxygen atoms in total. The summed E-state index contributed by atoms with van der Waals surface area (Å²) in [6, 6.07) is 11.4. The van der Waals surface area contributed by atoms with Crippen LogP contribution in [0.25, 0.3) is 10.9 Å². The van der Waals surface area contributed by atoms with Crippen LogP contribution in [-0.4, -0.2) is 28.5 Å². The first-order valence-corrected chi connectivity index (χ1v) is 10.2. The Morgan fingerprint density at radius 2 is 1.93 bits per heavy atom. The van der Waals surface area contributed by atoms with Crippen LogP contribution in [0.5, 0.6) is 0 Å². The highest BCUT2D eigenvalue weighted by Crippen LogP contribution is 2.37. The first-order chi connectivity index (χ1) is 14.1. The summed E-state index contributed by atoms with van der Waals surface area (Å²) in [5.41, 5.74) is 10.7. The Hall–Kier alpha value is -3.08. The number of nitrogens with two attached hydrogens (primary N) is 1. The maximum atomic E-state index is 13.3. The highest BCUT2D eigenvalue weighted by atomic mass is 19.1. The lowest BCUT2D eigenvalue weighted by atomic mass is 9.89. The van der Waals surface area contributed by atoms with E-state index in [1.807, 2.05) is 24.4 Å². The lowest BCUT2D eigenvalue weighted by Gasteiger charge is -2.38. The molecule has 3 aromatic rings. The van der Waals surface area contributed by atoms with Gasteiger partial charge in [-0.2, -0.15) is 0 Å². The van der Waals surface area contributed by atoms with E-state index in [0.717, 1.165) is 36.0 Å². The van der Waals surface area contributed by atoms with Gasteiger partial charge in [-0.25, -0.2) is 4.39 Å². The van der Waals surface area contributed by atoms with E-state index in [1.54, 1.807) is 4.57 Å². The van der Waals surface area contributed by atoms with E-state index in [4.69, 9.17) is 5.73 Å². The van der Waals surface area contributed by atoms with Crippen LogP contribution in [-0.2, 0) is 0 Å². The van der Waals surface area contributed by atoms with Crippen LogP contribution in [0, 0.1) is 5.82 Å². The fourth-order valence-electron chi connectivity index (χ4n) is 4.69. The number of nitrogen functional groups attached to an aromatic ring is 1. The quantitative estimate of drug-likeness (QED) is 0.634. The van der Waals surface area contributed by atoms with Crippen LogP contribution < -0.4 is 5.73 Å². The van der Waals surface area contributed by atoms with Gasteiger partial charge in [-0.1, -0.05) is 6.08 Å². The van der Waals surface area contributed by atoms with Gasteiger partial charge in [0, 0.05) is 47.5 Å². The van der Waals surface area contributed by atoms with Crippen LogP contribution >= 0.6 is 0 Å². The molecule has 3 heterocycles. The molecule has 0 radical (unpaired) electrons. The number of aromatic nitrogens is 1. The Bertz CT molecular complexity index is 1110. The number of carbonyl (C=O) groups excluding carboxylic acids is 1. The number of nitrogens with zero attached hydrogens (tertiary/aromatic N) is 2. The van der Waals surface area contributed by atoms with Gasteiger partial charge >= 0.3 is 0 Å². The van der Waals surface area contributed by atoms with Crippen molar-refractivity contribution in [1.29, 1.82) is 0 Å². The number of piperidine rings is 1. The standard InChI is InChI=1S/C24H24FN3O/c25-18-7-4-16(5-8-18)24(29)28-15-22(21-13-19(26)9-11-23(21)28)17-6-10-20-3-1-2-12-27(20)14-17/h4-5,7-11,13,15,17H,1-3,6,12,14,26H2. The van der Waals surface area contributed by atoms with Crippen LogP contribution in [0.4, 0.5) is 10.1 Å². The number of carbonyl (C=O) groups is 1. The SMILES string of the molecule is Nc1ccc2c(c1)c(C1CC=C3CCCCN3C1)cn2C(=O)c1ccc(F)cc1. The summed E-state index contributed by atoms with van der Waals surface area (Å²) in [7, 11) is 0. The Balaban J connectivity index is 1.58. The second-order valence-corrected chi connectivity index (χ2v) is 8.07. The van der Waals surface area contributed by atoms with Gasteiger partial charge in [-0.3, -0.25) is 9.36 Å². The molecule has 0 spiro atoms. The molecule has 5 heteroatoms. The second kappa shape index (κ2) is 7.07. The monoisotopic (exact) mass is 389 g/mol. The zero-order valence-electron chi connectivity index (χ0n) is 16.3. The van der Waals surface area contributed by atoms with E-state index in [2.05, 4.69) is 11.0 Å². The smallest absolute Gasteiger partial charge is 0.262 e. The molecule has 2 aliphatic heterocycles. The normalized spacial score (nSPS) is 19.1. The van der Waals surface area contributed by atoms with E-state index < -0.39 is 0 Å². The number of fused-ring (bicyclic) bond motifs is 2.